The molecule has 1 saturated carbocycles. The van der Waals surface area contributed by atoms with Gasteiger partial charge in [-0.25, -0.2) is 4.68 Å². The molecule has 0 amide bonds. The lowest BCUT2D eigenvalue weighted by Gasteiger charge is -2.19. The zero-order chi connectivity index (χ0) is 13.1. The number of aromatic nitrogens is 3. The second kappa shape index (κ2) is 5.34. The van der Waals surface area contributed by atoms with Crippen LogP contribution in [0.3, 0.4) is 0 Å². The third-order valence-electron chi connectivity index (χ3n) is 3.63. The summed E-state index contributed by atoms with van der Waals surface area (Å²) in [5.41, 5.74) is 2.13. The van der Waals surface area contributed by atoms with Gasteiger partial charge in [-0.2, -0.15) is 0 Å². The monoisotopic (exact) mass is 255 g/mol. The predicted octanol–water partition coefficient (Wildman–Crippen LogP) is 2.55. The molecule has 1 aliphatic rings. The summed E-state index contributed by atoms with van der Waals surface area (Å²) >= 11 is 0. The molecule has 0 spiro atoms. The van der Waals surface area contributed by atoms with Crippen molar-refractivity contribution in [1.29, 1.82) is 0 Å². The zero-order valence-electron chi connectivity index (χ0n) is 10.8. The Bertz CT molecular complexity index is 562. The van der Waals surface area contributed by atoms with E-state index in [4.69, 9.17) is 0 Å². The standard InChI is InChI=1S/C15H17N3O/c19-15-9-5-4-8-14(15)18-11-13(16-17-18)10-12-6-2-1-3-7-12/h1-3,6-7,11,14H,4-5,8-10H2. The Morgan fingerprint density at radius 2 is 2.05 bits per heavy atom. The predicted molar refractivity (Wildman–Crippen MR) is 71.8 cm³/mol. The van der Waals surface area contributed by atoms with Crippen molar-refractivity contribution < 1.29 is 4.79 Å². The molecule has 1 unspecified atom stereocenters. The summed E-state index contributed by atoms with van der Waals surface area (Å²) in [5.74, 6) is 0.294. The molecular formula is C15H17N3O. The summed E-state index contributed by atoms with van der Waals surface area (Å²) < 4.78 is 1.75. The average Bonchev–Trinajstić information content (AvgIpc) is 2.89. The summed E-state index contributed by atoms with van der Waals surface area (Å²) in [6.45, 7) is 0. The fourth-order valence-electron chi connectivity index (χ4n) is 2.60. The van der Waals surface area contributed by atoms with Crippen molar-refractivity contribution in [2.45, 2.75) is 38.1 Å². The van der Waals surface area contributed by atoms with Gasteiger partial charge in [-0.15, -0.1) is 5.10 Å². The van der Waals surface area contributed by atoms with Gasteiger partial charge in [-0.1, -0.05) is 42.0 Å². The minimum Gasteiger partial charge on any atom is -0.297 e. The topological polar surface area (TPSA) is 47.8 Å². The van der Waals surface area contributed by atoms with Gasteiger partial charge in [-0.05, 0) is 18.4 Å². The highest BCUT2D eigenvalue weighted by molar-refractivity contribution is 5.83. The van der Waals surface area contributed by atoms with Crippen LogP contribution in [-0.4, -0.2) is 20.8 Å². The summed E-state index contributed by atoms with van der Waals surface area (Å²) in [6, 6.07) is 10.1. The van der Waals surface area contributed by atoms with Crippen molar-refractivity contribution in [3.63, 3.8) is 0 Å². The molecule has 1 fully saturated rings. The Hall–Kier alpha value is -1.97. The molecule has 3 rings (SSSR count). The molecule has 1 heterocycles. The summed E-state index contributed by atoms with van der Waals surface area (Å²) in [6.07, 6.45) is 6.37. The Morgan fingerprint density at radius 1 is 1.21 bits per heavy atom. The molecule has 0 N–H and O–H groups in total. The van der Waals surface area contributed by atoms with Gasteiger partial charge in [0.25, 0.3) is 0 Å². The first-order chi connectivity index (χ1) is 9.33. The van der Waals surface area contributed by atoms with Crippen LogP contribution >= 0.6 is 0 Å². The number of carbonyl (C=O) groups is 1. The molecule has 98 valence electrons. The van der Waals surface area contributed by atoms with Gasteiger partial charge in [0.15, 0.2) is 5.78 Å². The normalized spacial score (nSPS) is 19.6. The van der Waals surface area contributed by atoms with Crippen LogP contribution in [0, 0.1) is 0 Å². The fraction of sp³-hybridized carbons (Fsp3) is 0.400. The molecule has 1 aliphatic carbocycles. The van der Waals surface area contributed by atoms with Crippen molar-refractivity contribution in [2.24, 2.45) is 0 Å². The highest BCUT2D eigenvalue weighted by Gasteiger charge is 2.24. The second-order valence-corrected chi connectivity index (χ2v) is 5.08. The SMILES string of the molecule is O=C1CCCCC1n1cc(Cc2ccccc2)nn1. The summed E-state index contributed by atoms with van der Waals surface area (Å²) in [7, 11) is 0. The first-order valence-electron chi connectivity index (χ1n) is 6.80. The van der Waals surface area contributed by atoms with E-state index in [1.165, 1.54) is 5.56 Å². The first kappa shape index (κ1) is 12.1. The molecule has 19 heavy (non-hydrogen) atoms. The molecule has 0 aliphatic heterocycles. The van der Waals surface area contributed by atoms with Crippen LogP contribution in [0.2, 0.25) is 0 Å². The van der Waals surface area contributed by atoms with Gasteiger partial charge in [0.2, 0.25) is 0 Å². The quantitative estimate of drug-likeness (QED) is 0.846. The lowest BCUT2D eigenvalue weighted by Crippen LogP contribution is -2.23. The van der Waals surface area contributed by atoms with Gasteiger partial charge in [0, 0.05) is 19.0 Å². The van der Waals surface area contributed by atoms with Crippen molar-refractivity contribution in [2.75, 3.05) is 0 Å². The molecular weight excluding hydrogens is 238 g/mol. The first-order valence-corrected chi connectivity index (χ1v) is 6.80. The second-order valence-electron chi connectivity index (χ2n) is 5.08. The van der Waals surface area contributed by atoms with E-state index in [0.717, 1.165) is 31.4 Å². The van der Waals surface area contributed by atoms with Crippen LogP contribution < -0.4 is 0 Å². The lowest BCUT2D eigenvalue weighted by atomic mass is 9.94. The zero-order valence-corrected chi connectivity index (χ0v) is 10.8. The Morgan fingerprint density at radius 3 is 2.84 bits per heavy atom. The fourth-order valence-corrected chi connectivity index (χ4v) is 2.60. The molecule has 2 aromatic rings. The molecule has 0 saturated heterocycles. The van der Waals surface area contributed by atoms with E-state index < -0.39 is 0 Å². The van der Waals surface area contributed by atoms with E-state index in [2.05, 4.69) is 22.4 Å². The van der Waals surface area contributed by atoms with E-state index in [1.807, 2.05) is 24.4 Å². The smallest absolute Gasteiger partial charge is 0.157 e. The molecule has 1 aromatic carbocycles. The van der Waals surface area contributed by atoms with E-state index >= 15 is 0 Å². The van der Waals surface area contributed by atoms with Crippen LogP contribution in [0.5, 0.6) is 0 Å². The van der Waals surface area contributed by atoms with Gasteiger partial charge in [0.05, 0.1) is 5.69 Å². The third-order valence-corrected chi connectivity index (χ3v) is 3.63. The number of ketones is 1. The largest absolute Gasteiger partial charge is 0.297 e. The minimum absolute atomic E-state index is 0.0919. The summed E-state index contributed by atoms with van der Waals surface area (Å²) in [5, 5.41) is 8.31. The number of hydrogen-bond donors (Lipinski definition) is 0. The van der Waals surface area contributed by atoms with Crippen molar-refractivity contribution in [3.8, 4) is 0 Å². The Balaban J connectivity index is 1.74. The van der Waals surface area contributed by atoms with E-state index in [-0.39, 0.29) is 6.04 Å². The Labute approximate surface area is 112 Å². The number of rotatable bonds is 3. The average molecular weight is 255 g/mol. The van der Waals surface area contributed by atoms with Crippen LogP contribution in [-0.2, 0) is 11.2 Å². The maximum atomic E-state index is 11.9. The third kappa shape index (κ3) is 2.72. The number of nitrogens with zero attached hydrogens (tertiary/aromatic N) is 3. The van der Waals surface area contributed by atoms with Gasteiger partial charge in [0.1, 0.15) is 6.04 Å². The van der Waals surface area contributed by atoms with Crippen molar-refractivity contribution in [3.05, 3.63) is 47.8 Å². The molecule has 0 bridgehead atoms. The van der Waals surface area contributed by atoms with Gasteiger partial charge >= 0.3 is 0 Å². The molecule has 1 atom stereocenters. The van der Waals surface area contributed by atoms with E-state index in [1.54, 1.807) is 4.68 Å². The molecule has 0 radical (unpaired) electrons. The number of hydrogen-bond acceptors (Lipinski definition) is 3. The van der Waals surface area contributed by atoms with Crippen LogP contribution in [0.1, 0.15) is 43.0 Å². The van der Waals surface area contributed by atoms with E-state index in [9.17, 15) is 4.79 Å². The minimum atomic E-state index is -0.0919. The number of benzene rings is 1. The summed E-state index contributed by atoms with van der Waals surface area (Å²) in [4.78, 5) is 11.9. The van der Waals surface area contributed by atoms with Crippen LogP contribution in [0.25, 0.3) is 0 Å². The maximum Gasteiger partial charge on any atom is 0.157 e. The number of Topliss-reactive ketones (excluding diaryl/α,β-unsaturated/α-hetero) is 1. The number of carbonyl (C=O) groups excluding carboxylic acids is 1. The molecule has 4 heteroatoms. The Kier molecular flexibility index (Phi) is 3.40. The lowest BCUT2D eigenvalue weighted by molar-refractivity contribution is -0.124. The van der Waals surface area contributed by atoms with Crippen molar-refractivity contribution in [1.82, 2.24) is 15.0 Å². The maximum absolute atomic E-state index is 11.9. The van der Waals surface area contributed by atoms with Crippen LogP contribution in [0.15, 0.2) is 36.5 Å². The van der Waals surface area contributed by atoms with Gasteiger partial charge in [-0.3, -0.25) is 4.79 Å². The van der Waals surface area contributed by atoms with Crippen LogP contribution in [0.4, 0.5) is 0 Å². The molecule has 4 nitrogen and oxygen atoms in total. The van der Waals surface area contributed by atoms with Gasteiger partial charge < -0.3 is 0 Å². The molecule has 1 aromatic heterocycles. The highest BCUT2D eigenvalue weighted by atomic mass is 16.1. The van der Waals surface area contributed by atoms with E-state index in [0.29, 0.717) is 12.2 Å². The highest BCUT2D eigenvalue weighted by Crippen LogP contribution is 2.24. The van der Waals surface area contributed by atoms with Crippen molar-refractivity contribution >= 4 is 5.78 Å².